The molecular formula is C19H19NO3. The Labute approximate surface area is 134 Å². The first kappa shape index (κ1) is 15.2. The van der Waals surface area contributed by atoms with Gasteiger partial charge in [-0.05, 0) is 48.7 Å². The van der Waals surface area contributed by atoms with Crippen LogP contribution in [0.4, 0.5) is 5.69 Å². The van der Waals surface area contributed by atoms with Gasteiger partial charge in [0.2, 0.25) is 0 Å². The number of aryl methyl sites for hydroxylation is 2. The maximum Gasteiger partial charge on any atom is 0.336 e. The van der Waals surface area contributed by atoms with Crippen LogP contribution in [0.5, 0.6) is 5.75 Å². The van der Waals surface area contributed by atoms with Crippen molar-refractivity contribution in [3.63, 3.8) is 0 Å². The molecule has 0 saturated carbocycles. The van der Waals surface area contributed by atoms with Crippen molar-refractivity contribution in [2.75, 3.05) is 5.32 Å². The summed E-state index contributed by atoms with van der Waals surface area (Å²) in [6.45, 7) is 4.37. The molecule has 0 unspecified atom stereocenters. The minimum absolute atomic E-state index is 0.126. The van der Waals surface area contributed by atoms with Gasteiger partial charge in [0.1, 0.15) is 11.3 Å². The first-order chi connectivity index (χ1) is 11.1. The Bertz CT molecular complexity index is 912. The topological polar surface area (TPSA) is 62.5 Å². The predicted molar refractivity (Wildman–Crippen MR) is 92.0 cm³/mol. The van der Waals surface area contributed by atoms with Gasteiger partial charge in [0.15, 0.2) is 0 Å². The Morgan fingerprint density at radius 3 is 2.78 bits per heavy atom. The molecule has 1 aromatic heterocycles. The molecule has 118 valence electrons. The van der Waals surface area contributed by atoms with E-state index in [9.17, 15) is 9.90 Å². The summed E-state index contributed by atoms with van der Waals surface area (Å²) in [4.78, 5) is 11.8. The average molecular weight is 309 g/mol. The van der Waals surface area contributed by atoms with Gasteiger partial charge in [-0.15, -0.1) is 0 Å². The van der Waals surface area contributed by atoms with Crippen LogP contribution in [0.1, 0.15) is 23.6 Å². The Kier molecular flexibility index (Phi) is 4.06. The second kappa shape index (κ2) is 6.16. The fraction of sp³-hybridized carbons (Fsp3) is 0.211. The quantitative estimate of drug-likeness (QED) is 0.716. The standard InChI is InChI=1S/C19H19NO3/c1-3-13-5-4-6-15(9-13)20-11-14-10-18(22)23-19-12(2)17(21)8-7-16(14)19/h4-10,20-21H,3,11H2,1-2H3. The lowest BCUT2D eigenvalue weighted by molar-refractivity contribution is 0.468. The van der Waals surface area contributed by atoms with E-state index in [2.05, 4.69) is 24.4 Å². The third kappa shape index (κ3) is 3.06. The van der Waals surface area contributed by atoms with Gasteiger partial charge in [0.05, 0.1) is 0 Å². The molecule has 0 spiro atoms. The molecule has 4 nitrogen and oxygen atoms in total. The minimum atomic E-state index is -0.412. The average Bonchev–Trinajstić information content (AvgIpc) is 2.56. The highest BCUT2D eigenvalue weighted by molar-refractivity contribution is 5.85. The second-order valence-electron chi connectivity index (χ2n) is 5.58. The monoisotopic (exact) mass is 309 g/mol. The summed E-state index contributed by atoms with van der Waals surface area (Å²) < 4.78 is 5.26. The Hall–Kier alpha value is -2.75. The van der Waals surface area contributed by atoms with Crippen molar-refractivity contribution >= 4 is 16.7 Å². The molecule has 2 aromatic carbocycles. The number of phenols is 1. The van der Waals surface area contributed by atoms with Crippen molar-refractivity contribution in [2.24, 2.45) is 0 Å². The van der Waals surface area contributed by atoms with Gasteiger partial charge >= 0.3 is 5.63 Å². The number of anilines is 1. The molecule has 0 aliphatic rings. The highest BCUT2D eigenvalue weighted by Gasteiger charge is 2.10. The van der Waals surface area contributed by atoms with E-state index in [1.807, 2.05) is 12.1 Å². The summed E-state index contributed by atoms with van der Waals surface area (Å²) in [5, 5.41) is 14.0. The number of aromatic hydroxyl groups is 1. The third-order valence-electron chi connectivity index (χ3n) is 4.04. The molecule has 1 heterocycles. The Balaban J connectivity index is 1.96. The van der Waals surface area contributed by atoms with Gasteiger partial charge in [0.25, 0.3) is 0 Å². The lowest BCUT2D eigenvalue weighted by Gasteiger charge is -2.11. The van der Waals surface area contributed by atoms with Crippen LogP contribution in [0.25, 0.3) is 11.0 Å². The molecule has 3 rings (SSSR count). The summed E-state index contributed by atoms with van der Waals surface area (Å²) in [5.74, 6) is 0.126. The number of hydrogen-bond acceptors (Lipinski definition) is 4. The summed E-state index contributed by atoms with van der Waals surface area (Å²) in [6, 6.07) is 13.1. The van der Waals surface area contributed by atoms with Gasteiger partial charge in [-0.2, -0.15) is 0 Å². The number of benzene rings is 2. The molecule has 0 aliphatic heterocycles. The fourth-order valence-corrected chi connectivity index (χ4v) is 2.66. The predicted octanol–water partition coefficient (Wildman–Crippen LogP) is 3.98. The summed E-state index contributed by atoms with van der Waals surface area (Å²) >= 11 is 0. The second-order valence-corrected chi connectivity index (χ2v) is 5.58. The van der Waals surface area contributed by atoms with Crippen LogP contribution < -0.4 is 10.9 Å². The molecule has 0 atom stereocenters. The Morgan fingerprint density at radius 1 is 1.17 bits per heavy atom. The normalized spacial score (nSPS) is 10.9. The van der Waals surface area contributed by atoms with Crippen LogP contribution in [0.15, 0.2) is 51.7 Å². The molecule has 2 N–H and O–H groups in total. The van der Waals surface area contributed by atoms with E-state index in [4.69, 9.17) is 4.42 Å². The van der Waals surface area contributed by atoms with Crippen LogP contribution in [0.2, 0.25) is 0 Å². The van der Waals surface area contributed by atoms with Gasteiger partial charge in [-0.3, -0.25) is 0 Å². The zero-order chi connectivity index (χ0) is 16.4. The Morgan fingerprint density at radius 2 is 2.00 bits per heavy atom. The maximum absolute atomic E-state index is 11.8. The van der Waals surface area contributed by atoms with Crippen molar-refractivity contribution in [1.82, 2.24) is 0 Å². The van der Waals surface area contributed by atoms with E-state index >= 15 is 0 Å². The molecule has 0 bridgehead atoms. The molecule has 3 aromatic rings. The molecule has 23 heavy (non-hydrogen) atoms. The van der Waals surface area contributed by atoms with E-state index in [1.54, 1.807) is 19.1 Å². The van der Waals surface area contributed by atoms with E-state index in [1.165, 1.54) is 11.6 Å². The highest BCUT2D eigenvalue weighted by atomic mass is 16.4. The minimum Gasteiger partial charge on any atom is -0.508 e. The lowest BCUT2D eigenvalue weighted by atomic mass is 10.1. The van der Waals surface area contributed by atoms with Crippen LogP contribution in [0, 0.1) is 6.92 Å². The zero-order valence-corrected chi connectivity index (χ0v) is 13.2. The summed E-state index contributed by atoms with van der Waals surface area (Å²) in [7, 11) is 0. The highest BCUT2D eigenvalue weighted by Crippen LogP contribution is 2.27. The van der Waals surface area contributed by atoms with Crippen molar-refractivity contribution in [1.29, 1.82) is 0 Å². The van der Waals surface area contributed by atoms with Crippen molar-refractivity contribution < 1.29 is 9.52 Å². The van der Waals surface area contributed by atoms with Crippen molar-refractivity contribution in [3.8, 4) is 5.75 Å². The van der Waals surface area contributed by atoms with Gasteiger partial charge in [-0.25, -0.2) is 4.79 Å². The van der Waals surface area contributed by atoms with E-state index in [0.29, 0.717) is 17.7 Å². The third-order valence-corrected chi connectivity index (χ3v) is 4.04. The molecule has 0 fully saturated rings. The molecule has 0 amide bonds. The molecule has 0 aliphatic carbocycles. The number of rotatable bonds is 4. The lowest BCUT2D eigenvalue weighted by Crippen LogP contribution is -2.06. The molecule has 4 heteroatoms. The number of fused-ring (bicyclic) bond motifs is 1. The molecular weight excluding hydrogens is 290 g/mol. The SMILES string of the molecule is CCc1cccc(NCc2cc(=O)oc3c(C)c(O)ccc23)c1. The first-order valence-electron chi connectivity index (χ1n) is 7.66. The van der Waals surface area contributed by atoms with Gasteiger partial charge < -0.3 is 14.8 Å². The van der Waals surface area contributed by atoms with E-state index < -0.39 is 5.63 Å². The summed E-state index contributed by atoms with van der Waals surface area (Å²) in [6.07, 6.45) is 0.978. The van der Waals surface area contributed by atoms with Crippen LogP contribution in [-0.4, -0.2) is 5.11 Å². The van der Waals surface area contributed by atoms with Gasteiger partial charge in [0, 0.05) is 29.2 Å². The van der Waals surface area contributed by atoms with Gasteiger partial charge in [-0.1, -0.05) is 19.1 Å². The zero-order valence-electron chi connectivity index (χ0n) is 13.2. The smallest absolute Gasteiger partial charge is 0.336 e. The van der Waals surface area contributed by atoms with Crippen LogP contribution in [-0.2, 0) is 13.0 Å². The fourth-order valence-electron chi connectivity index (χ4n) is 2.66. The molecule has 0 saturated heterocycles. The van der Waals surface area contributed by atoms with E-state index in [0.717, 1.165) is 23.1 Å². The number of nitrogens with one attached hydrogen (secondary N) is 1. The molecule has 0 radical (unpaired) electrons. The number of hydrogen-bond donors (Lipinski definition) is 2. The van der Waals surface area contributed by atoms with Crippen molar-refractivity contribution in [3.05, 3.63) is 69.6 Å². The van der Waals surface area contributed by atoms with Crippen molar-refractivity contribution in [2.45, 2.75) is 26.8 Å². The van der Waals surface area contributed by atoms with Crippen LogP contribution in [0.3, 0.4) is 0 Å². The largest absolute Gasteiger partial charge is 0.508 e. The summed E-state index contributed by atoms with van der Waals surface area (Å²) in [5.41, 5.74) is 3.73. The van der Waals surface area contributed by atoms with E-state index in [-0.39, 0.29) is 5.75 Å². The number of phenolic OH excluding ortho intramolecular Hbond substituents is 1. The maximum atomic E-state index is 11.8. The van der Waals surface area contributed by atoms with Crippen LogP contribution >= 0.6 is 0 Å². The first-order valence-corrected chi connectivity index (χ1v) is 7.66.